The zero-order valence-corrected chi connectivity index (χ0v) is 16.5. The van der Waals surface area contributed by atoms with E-state index in [1.165, 1.54) is 18.2 Å². The minimum absolute atomic E-state index is 0.0843. The zero-order valence-electron chi connectivity index (χ0n) is 14.2. The summed E-state index contributed by atoms with van der Waals surface area (Å²) in [4.78, 5) is 23.9. The van der Waals surface area contributed by atoms with Crippen molar-refractivity contribution in [1.82, 2.24) is 5.32 Å². The Bertz CT molecular complexity index is 851. The van der Waals surface area contributed by atoms with Crippen LogP contribution in [-0.4, -0.2) is 16.9 Å². The molecule has 0 aliphatic carbocycles. The lowest BCUT2D eigenvalue weighted by Gasteiger charge is -2.15. The van der Waals surface area contributed by atoms with E-state index in [1.807, 2.05) is 6.92 Å². The van der Waals surface area contributed by atoms with Crippen LogP contribution >= 0.6 is 35.4 Å². The summed E-state index contributed by atoms with van der Waals surface area (Å²) < 4.78 is 0. The summed E-state index contributed by atoms with van der Waals surface area (Å²) >= 11 is 17.0. The number of amides is 2. The molecule has 2 aromatic rings. The Kier molecular flexibility index (Phi) is 6.97. The fraction of sp³-hybridized carbons (Fsp3) is 0.167. The van der Waals surface area contributed by atoms with Gasteiger partial charge in [-0.2, -0.15) is 0 Å². The first kappa shape index (κ1) is 20.2. The number of hydrogen-bond acceptors (Lipinski definition) is 3. The topological polar surface area (TPSA) is 70.2 Å². The maximum Gasteiger partial charge on any atom is 0.257 e. The number of nitrogens with one attached hydrogen (secondary N) is 3. The Hall–Kier alpha value is -2.15. The summed E-state index contributed by atoms with van der Waals surface area (Å²) in [5.74, 6) is -0.515. The van der Waals surface area contributed by atoms with Gasteiger partial charge in [-0.1, -0.05) is 36.2 Å². The summed E-state index contributed by atoms with van der Waals surface area (Å²) in [5.41, 5.74) is 2.45. The number of thiocarbonyl (C=S) groups is 1. The molecule has 3 N–H and O–H groups in total. The highest BCUT2D eigenvalue weighted by atomic mass is 35.5. The first-order chi connectivity index (χ1) is 12.3. The Morgan fingerprint density at radius 1 is 1.04 bits per heavy atom. The molecule has 0 spiro atoms. The van der Waals surface area contributed by atoms with Crippen LogP contribution < -0.4 is 16.0 Å². The predicted molar refractivity (Wildman–Crippen MR) is 110 cm³/mol. The fourth-order valence-corrected chi connectivity index (χ4v) is 2.89. The Labute approximate surface area is 167 Å². The summed E-state index contributed by atoms with van der Waals surface area (Å²) in [7, 11) is 0. The average Bonchev–Trinajstić information content (AvgIpc) is 2.57. The van der Waals surface area contributed by atoms with Gasteiger partial charge in [-0.05, 0) is 55.0 Å². The summed E-state index contributed by atoms with van der Waals surface area (Å²) in [6.07, 6.45) is 0.383. The second kappa shape index (κ2) is 8.98. The van der Waals surface area contributed by atoms with Gasteiger partial charge in [-0.25, -0.2) is 0 Å². The minimum Gasteiger partial charge on any atom is -0.332 e. The van der Waals surface area contributed by atoms with Crippen LogP contribution in [0.5, 0.6) is 0 Å². The van der Waals surface area contributed by atoms with Gasteiger partial charge in [-0.3, -0.25) is 14.9 Å². The first-order valence-electron chi connectivity index (χ1n) is 7.78. The van der Waals surface area contributed by atoms with Gasteiger partial charge in [0.05, 0.1) is 0 Å². The molecule has 0 heterocycles. The van der Waals surface area contributed by atoms with Crippen molar-refractivity contribution in [1.29, 1.82) is 0 Å². The Morgan fingerprint density at radius 3 is 2.19 bits per heavy atom. The molecule has 5 nitrogen and oxygen atoms in total. The Morgan fingerprint density at radius 2 is 1.62 bits per heavy atom. The van der Waals surface area contributed by atoms with E-state index in [2.05, 4.69) is 16.0 Å². The third-order valence-corrected chi connectivity index (χ3v) is 4.17. The normalized spacial score (nSPS) is 10.2. The lowest BCUT2D eigenvalue weighted by atomic mass is 10.1. The molecule has 0 saturated carbocycles. The number of hydrogen-bond donors (Lipinski definition) is 3. The molecule has 8 heteroatoms. The van der Waals surface area contributed by atoms with E-state index in [9.17, 15) is 9.59 Å². The fourth-order valence-electron chi connectivity index (χ4n) is 2.16. The van der Waals surface area contributed by atoms with E-state index in [0.29, 0.717) is 33.4 Å². The lowest BCUT2D eigenvalue weighted by molar-refractivity contribution is -0.115. The first-order valence-corrected chi connectivity index (χ1v) is 8.94. The number of benzene rings is 2. The molecule has 2 aromatic carbocycles. The van der Waals surface area contributed by atoms with Crippen LogP contribution in [-0.2, 0) is 4.79 Å². The quantitative estimate of drug-likeness (QED) is 0.635. The predicted octanol–water partition coefficient (Wildman–Crippen LogP) is 4.78. The standard InChI is InChI=1S/C18H17Cl2N3O2S/c1-3-16(24)21-14-5-4-6-15(10(14)2)22-18(26)23-17(25)11-7-12(19)9-13(20)8-11/h4-9H,3H2,1-2H3,(H,21,24)(H2,22,23,25,26). The molecule has 0 saturated heterocycles. The zero-order chi connectivity index (χ0) is 19.3. The molecule has 0 atom stereocenters. The van der Waals surface area contributed by atoms with Crippen LogP contribution in [0.1, 0.15) is 29.3 Å². The molecule has 26 heavy (non-hydrogen) atoms. The van der Waals surface area contributed by atoms with Gasteiger partial charge in [0.1, 0.15) is 0 Å². The van der Waals surface area contributed by atoms with Crippen molar-refractivity contribution in [3.05, 3.63) is 57.6 Å². The van der Waals surface area contributed by atoms with Gasteiger partial charge in [0.25, 0.3) is 5.91 Å². The highest BCUT2D eigenvalue weighted by Crippen LogP contribution is 2.23. The third-order valence-electron chi connectivity index (χ3n) is 3.53. The van der Waals surface area contributed by atoms with Crippen molar-refractivity contribution in [3.8, 4) is 0 Å². The molecule has 0 aliphatic heterocycles. The van der Waals surface area contributed by atoms with Crippen LogP contribution in [0.2, 0.25) is 10.0 Å². The van der Waals surface area contributed by atoms with Crippen LogP contribution in [0.3, 0.4) is 0 Å². The van der Waals surface area contributed by atoms with Crippen LogP contribution in [0, 0.1) is 6.92 Å². The van der Waals surface area contributed by atoms with Crippen LogP contribution in [0.4, 0.5) is 11.4 Å². The van der Waals surface area contributed by atoms with Crippen molar-refractivity contribution >= 4 is 63.7 Å². The number of halogens is 2. The van der Waals surface area contributed by atoms with E-state index >= 15 is 0 Å². The van der Waals surface area contributed by atoms with Crippen LogP contribution in [0.15, 0.2) is 36.4 Å². The number of rotatable bonds is 4. The molecule has 0 radical (unpaired) electrons. The molecule has 0 aliphatic rings. The van der Waals surface area contributed by atoms with Gasteiger partial charge in [0, 0.05) is 33.4 Å². The maximum absolute atomic E-state index is 12.3. The maximum atomic E-state index is 12.3. The van der Waals surface area contributed by atoms with E-state index in [4.69, 9.17) is 35.4 Å². The molecule has 136 valence electrons. The molecule has 2 rings (SSSR count). The minimum atomic E-state index is -0.431. The number of carbonyl (C=O) groups excluding carboxylic acids is 2. The molecule has 0 unspecified atom stereocenters. The lowest BCUT2D eigenvalue weighted by Crippen LogP contribution is -2.34. The molecule has 0 fully saturated rings. The van der Waals surface area contributed by atoms with Gasteiger partial charge in [-0.15, -0.1) is 0 Å². The Balaban J connectivity index is 2.09. The molecule has 2 amide bonds. The largest absolute Gasteiger partial charge is 0.332 e. The average molecular weight is 410 g/mol. The van der Waals surface area contributed by atoms with Crippen molar-refractivity contribution in [2.45, 2.75) is 20.3 Å². The van der Waals surface area contributed by atoms with Gasteiger partial charge < -0.3 is 10.6 Å². The molecular formula is C18H17Cl2N3O2S. The summed E-state index contributed by atoms with van der Waals surface area (Å²) in [6.45, 7) is 3.62. The van der Waals surface area contributed by atoms with Crippen molar-refractivity contribution in [2.24, 2.45) is 0 Å². The second-order valence-corrected chi connectivity index (χ2v) is 6.73. The SMILES string of the molecule is CCC(=O)Nc1cccc(NC(=S)NC(=O)c2cc(Cl)cc(Cl)c2)c1C. The monoisotopic (exact) mass is 409 g/mol. The van der Waals surface area contributed by atoms with Crippen molar-refractivity contribution < 1.29 is 9.59 Å². The van der Waals surface area contributed by atoms with Gasteiger partial charge >= 0.3 is 0 Å². The summed E-state index contributed by atoms with van der Waals surface area (Å²) in [6, 6.07) is 9.90. The van der Waals surface area contributed by atoms with E-state index in [-0.39, 0.29) is 11.0 Å². The van der Waals surface area contributed by atoms with E-state index < -0.39 is 5.91 Å². The molecular weight excluding hydrogens is 393 g/mol. The summed E-state index contributed by atoms with van der Waals surface area (Å²) in [5, 5.41) is 9.18. The number of anilines is 2. The third kappa shape index (κ3) is 5.42. The highest BCUT2D eigenvalue weighted by Gasteiger charge is 2.12. The van der Waals surface area contributed by atoms with E-state index in [0.717, 1.165) is 5.56 Å². The molecule has 0 bridgehead atoms. The highest BCUT2D eigenvalue weighted by molar-refractivity contribution is 7.80. The smallest absolute Gasteiger partial charge is 0.257 e. The molecule has 0 aromatic heterocycles. The number of carbonyl (C=O) groups is 2. The second-order valence-electron chi connectivity index (χ2n) is 5.45. The van der Waals surface area contributed by atoms with Crippen molar-refractivity contribution in [2.75, 3.05) is 10.6 Å². The van der Waals surface area contributed by atoms with E-state index in [1.54, 1.807) is 25.1 Å². The van der Waals surface area contributed by atoms with Gasteiger partial charge in [0.2, 0.25) is 5.91 Å². The van der Waals surface area contributed by atoms with Crippen LogP contribution in [0.25, 0.3) is 0 Å². The van der Waals surface area contributed by atoms with Gasteiger partial charge in [0.15, 0.2) is 5.11 Å². The van der Waals surface area contributed by atoms with Crippen molar-refractivity contribution in [3.63, 3.8) is 0 Å².